The van der Waals surface area contributed by atoms with Gasteiger partial charge in [0.2, 0.25) is 0 Å². The van der Waals surface area contributed by atoms with Gasteiger partial charge in [-0.15, -0.1) is 0 Å². The van der Waals surface area contributed by atoms with E-state index in [9.17, 15) is 9.59 Å². The van der Waals surface area contributed by atoms with Crippen molar-refractivity contribution in [2.45, 2.75) is 0 Å². The van der Waals surface area contributed by atoms with Gasteiger partial charge in [-0.1, -0.05) is 0 Å². The summed E-state index contributed by atoms with van der Waals surface area (Å²) >= 11 is 3.22. The maximum Gasteiger partial charge on any atom is 0.337 e. The van der Waals surface area contributed by atoms with E-state index in [2.05, 4.69) is 26.2 Å². The predicted octanol–water partition coefficient (Wildman–Crippen LogP) is 2.80. The highest BCUT2D eigenvalue weighted by atomic mass is 79.9. The number of hydrogen-bond acceptors (Lipinski definition) is 4. The van der Waals surface area contributed by atoms with Crippen molar-refractivity contribution in [2.75, 3.05) is 12.4 Å². The summed E-state index contributed by atoms with van der Waals surface area (Å²) in [6.07, 6.45) is 1.48. The smallest absolute Gasteiger partial charge is 0.337 e. The van der Waals surface area contributed by atoms with E-state index in [0.29, 0.717) is 5.75 Å². The van der Waals surface area contributed by atoms with Crippen LogP contribution in [0.3, 0.4) is 0 Å². The highest BCUT2D eigenvalue weighted by Gasteiger charge is 2.15. The Bertz CT molecular complexity index is 686. The van der Waals surface area contributed by atoms with E-state index >= 15 is 0 Å². The van der Waals surface area contributed by atoms with Crippen LogP contribution in [-0.2, 0) is 0 Å². The summed E-state index contributed by atoms with van der Waals surface area (Å²) in [6.45, 7) is 0. The molecule has 0 radical (unpaired) electrons. The third-order valence-electron chi connectivity index (χ3n) is 2.67. The number of benzene rings is 1. The number of carbonyl (C=O) groups excluding carboxylic acids is 1. The Morgan fingerprint density at radius 2 is 2.05 bits per heavy atom. The van der Waals surface area contributed by atoms with Crippen molar-refractivity contribution in [3.8, 4) is 5.75 Å². The molecule has 0 atom stereocenters. The van der Waals surface area contributed by atoms with Gasteiger partial charge in [-0.25, -0.2) is 9.78 Å². The van der Waals surface area contributed by atoms with Crippen LogP contribution in [-0.4, -0.2) is 29.1 Å². The molecule has 0 aliphatic heterocycles. The van der Waals surface area contributed by atoms with Crippen molar-refractivity contribution in [3.05, 3.63) is 52.3 Å². The first kappa shape index (κ1) is 15.0. The number of amides is 1. The van der Waals surface area contributed by atoms with Crippen LogP contribution in [0.15, 0.2) is 41.0 Å². The molecule has 1 amide bonds. The van der Waals surface area contributed by atoms with Crippen molar-refractivity contribution in [1.82, 2.24) is 4.98 Å². The quantitative estimate of drug-likeness (QED) is 0.884. The van der Waals surface area contributed by atoms with Gasteiger partial charge in [0, 0.05) is 16.7 Å². The number of carboxylic acids is 1. The molecule has 7 heteroatoms. The Kier molecular flexibility index (Phi) is 4.54. The number of halogens is 1. The summed E-state index contributed by atoms with van der Waals surface area (Å²) in [5.74, 6) is -1.20. The number of aromatic nitrogens is 1. The highest BCUT2D eigenvalue weighted by Crippen LogP contribution is 2.23. The fraction of sp³-hybridized carbons (Fsp3) is 0.0714. The number of anilines is 1. The fourth-order valence-corrected chi connectivity index (χ4v) is 1.87. The minimum absolute atomic E-state index is 0.0266. The van der Waals surface area contributed by atoms with Crippen LogP contribution >= 0.6 is 15.9 Å². The molecule has 108 valence electrons. The van der Waals surface area contributed by atoms with Gasteiger partial charge in [0.05, 0.1) is 18.4 Å². The Balaban J connectivity index is 2.31. The SMILES string of the molecule is COc1ccc(C(=O)O)c(NC(=O)c2ccc(Br)cn2)c1. The van der Waals surface area contributed by atoms with E-state index in [4.69, 9.17) is 9.84 Å². The molecule has 2 aromatic rings. The predicted molar refractivity (Wildman–Crippen MR) is 79.8 cm³/mol. The molecule has 0 spiro atoms. The van der Waals surface area contributed by atoms with Crippen LogP contribution in [0.25, 0.3) is 0 Å². The maximum atomic E-state index is 12.1. The van der Waals surface area contributed by atoms with Crippen molar-refractivity contribution >= 4 is 33.5 Å². The van der Waals surface area contributed by atoms with Crippen LogP contribution in [0.5, 0.6) is 5.75 Å². The van der Waals surface area contributed by atoms with Crippen LogP contribution in [0.1, 0.15) is 20.8 Å². The molecule has 1 heterocycles. The van der Waals surface area contributed by atoms with Crippen LogP contribution < -0.4 is 10.1 Å². The number of nitrogens with zero attached hydrogens (tertiary/aromatic N) is 1. The second-order valence-corrected chi connectivity index (χ2v) is 4.95. The first-order valence-electron chi connectivity index (χ1n) is 5.85. The van der Waals surface area contributed by atoms with Gasteiger partial charge in [0.25, 0.3) is 5.91 Å². The average Bonchev–Trinajstić information content (AvgIpc) is 2.47. The number of carbonyl (C=O) groups is 2. The standard InChI is InChI=1S/C14H11BrN2O4/c1-21-9-3-4-10(14(19)20)12(6-9)17-13(18)11-5-2-8(15)7-16-11/h2-7H,1H3,(H,17,18)(H,19,20). The highest BCUT2D eigenvalue weighted by molar-refractivity contribution is 9.10. The van der Waals surface area contributed by atoms with Crippen LogP contribution in [0.2, 0.25) is 0 Å². The lowest BCUT2D eigenvalue weighted by Crippen LogP contribution is -2.16. The molecule has 21 heavy (non-hydrogen) atoms. The van der Waals surface area contributed by atoms with Gasteiger partial charge in [-0.3, -0.25) is 4.79 Å². The molecule has 0 aliphatic carbocycles. The van der Waals surface area contributed by atoms with E-state index in [1.807, 2.05) is 0 Å². The van der Waals surface area contributed by atoms with Gasteiger partial charge in [0.1, 0.15) is 11.4 Å². The lowest BCUT2D eigenvalue weighted by Gasteiger charge is -2.10. The minimum atomic E-state index is -1.14. The van der Waals surface area contributed by atoms with Crippen molar-refractivity contribution in [2.24, 2.45) is 0 Å². The molecule has 0 saturated carbocycles. The summed E-state index contributed by atoms with van der Waals surface area (Å²) < 4.78 is 5.77. The van der Waals surface area contributed by atoms with E-state index in [0.717, 1.165) is 4.47 Å². The molecule has 2 rings (SSSR count). The molecule has 0 aliphatic rings. The third-order valence-corrected chi connectivity index (χ3v) is 3.13. The molecule has 1 aromatic heterocycles. The molecule has 0 bridgehead atoms. The topological polar surface area (TPSA) is 88.5 Å². The van der Waals surface area contributed by atoms with Crippen LogP contribution in [0.4, 0.5) is 5.69 Å². The number of methoxy groups -OCH3 is 1. The van der Waals surface area contributed by atoms with Gasteiger partial charge in [-0.05, 0) is 40.2 Å². The first-order chi connectivity index (χ1) is 10.0. The zero-order chi connectivity index (χ0) is 15.4. The third kappa shape index (κ3) is 3.57. The van der Waals surface area contributed by atoms with Crippen LogP contribution in [0, 0.1) is 0 Å². The lowest BCUT2D eigenvalue weighted by molar-refractivity contribution is 0.0698. The lowest BCUT2D eigenvalue weighted by atomic mass is 10.1. The van der Waals surface area contributed by atoms with Gasteiger partial charge >= 0.3 is 5.97 Å². The number of carboxylic acid groups (broad SMARTS) is 1. The minimum Gasteiger partial charge on any atom is -0.497 e. The number of rotatable bonds is 4. The summed E-state index contributed by atoms with van der Waals surface area (Å²) in [6, 6.07) is 7.52. The fourth-order valence-electron chi connectivity index (χ4n) is 1.64. The molecule has 2 N–H and O–H groups in total. The number of nitrogens with one attached hydrogen (secondary N) is 1. The zero-order valence-electron chi connectivity index (χ0n) is 11.0. The molecule has 6 nitrogen and oxygen atoms in total. The van der Waals surface area contributed by atoms with Crippen molar-refractivity contribution in [3.63, 3.8) is 0 Å². The number of aromatic carboxylic acids is 1. The van der Waals surface area contributed by atoms with E-state index in [-0.39, 0.29) is 16.9 Å². The molecule has 0 fully saturated rings. The average molecular weight is 351 g/mol. The number of hydrogen-bond donors (Lipinski definition) is 2. The second kappa shape index (κ2) is 6.36. The molecule has 1 aromatic carbocycles. The van der Waals surface area contributed by atoms with E-state index in [1.54, 1.807) is 6.07 Å². The van der Waals surface area contributed by atoms with Gasteiger partial charge < -0.3 is 15.2 Å². The first-order valence-corrected chi connectivity index (χ1v) is 6.65. The molecule has 0 saturated heterocycles. The maximum absolute atomic E-state index is 12.1. The second-order valence-electron chi connectivity index (χ2n) is 4.03. The molecular formula is C14H11BrN2O4. The normalized spacial score (nSPS) is 10.0. The summed E-state index contributed by atoms with van der Waals surface area (Å²) in [5, 5.41) is 11.7. The Hall–Kier alpha value is -2.41. The number of ether oxygens (including phenoxy) is 1. The van der Waals surface area contributed by atoms with E-state index in [1.165, 1.54) is 37.6 Å². The Labute approximate surface area is 128 Å². The zero-order valence-corrected chi connectivity index (χ0v) is 12.5. The summed E-state index contributed by atoms with van der Waals surface area (Å²) in [7, 11) is 1.46. The summed E-state index contributed by atoms with van der Waals surface area (Å²) in [5.41, 5.74) is 0.301. The van der Waals surface area contributed by atoms with Gasteiger partial charge in [-0.2, -0.15) is 0 Å². The van der Waals surface area contributed by atoms with Gasteiger partial charge in [0.15, 0.2) is 0 Å². The Morgan fingerprint density at radius 3 is 2.62 bits per heavy atom. The molecule has 0 unspecified atom stereocenters. The number of pyridine rings is 1. The van der Waals surface area contributed by atoms with E-state index < -0.39 is 11.9 Å². The monoisotopic (exact) mass is 350 g/mol. The molecular weight excluding hydrogens is 340 g/mol. The van der Waals surface area contributed by atoms with Crippen molar-refractivity contribution in [1.29, 1.82) is 0 Å². The van der Waals surface area contributed by atoms with Crippen molar-refractivity contribution < 1.29 is 19.4 Å². The Morgan fingerprint density at radius 1 is 1.29 bits per heavy atom. The summed E-state index contributed by atoms with van der Waals surface area (Å²) in [4.78, 5) is 27.2. The largest absolute Gasteiger partial charge is 0.497 e.